The summed E-state index contributed by atoms with van der Waals surface area (Å²) >= 11 is 0. The van der Waals surface area contributed by atoms with Crippen LogP contribution in [0.15, 0.2) is 0 Å². The van der Waals surface area contributed by atoms with Crippen molar-refractivity contribution < 1.29 is 9.47 Å². The van der Waals surface area contributed by atoms with Crippen LogP contribution >= 0.6 is 0 Å². The van der Waals surface area contributed by atoms with E-state index in [2.05, 4.69) is 13.8 Å². The van der Waals surface area contributed by atoms with Crippen LogP contribution in [0.2, 0.25) is 0 Å². The van der Waals surface area contributed by atoms with Gasteiger partial charge in [-0.3, -0.25) is 0 Å². The Morgan fingerprint density at radius 1 is 0.500 bits per heavy atom. The first-order chi connectivity index (χ1) is 7.91. The van der Waals surface area contributed by atoms with Crippen molar-refractivity contribution in [3.63, 3.8) is 0 Å². The second kappa shape index (κ2) is 14.9. The molecule has 0 aromatic rings. The van der Waals surface area contributed by atoms with Crippen molar-refractivity contribution in [3.05, 3.63) is 0 Å². The van der Waals surface area contributed by atoms with Gasteiger partial charge in [0.05, 0.1) is 0 Å². The minimum absolute atomic E-state index is 0.925. The van der Waals surface area contributed by atoms with Crippen molar-refractivity contribution in [1.29, 1.82) is 0 Å². The molecule has 0 saturated heterocycles. The highest BCUT2D eigenvalue weighted by molar-refractivity contribution is 4.45. The van der Waals surface area contributed by atoms with Crippen LogP contribution in [0.25, 0.3) is 0 Å². The SMILES string of the molecule is CCCOCCCCCCCCOCCC. The molecule has 0 fully saturated rings. The van der Waals surface area contributed by atoms with E-state index in [1.807, 2.05) is 0 Å². The van der Waals surface area contributed by atoms with Gasteiger partial charge in [0.25, 0.3) is 0 Å². The van der Waals surface area contributed by atoms with E-state index in [1.165, 1.54) is 38.5 Å². The van der Waals surface area contributed by atoms with Crippen molar-refractivity contribution in [1.82, 2.24) is 0 Å². The maximum absolute atomic E-state index is 5.43. The van der Waals surface area contributed by atoms with Gasteiger partial charge in [-0.05, 0) is 25.7 Å². The molecule has 0 radical (unpaired) electrons. The van der Waals surface area contributed by atoms with Gasteiger partial charge in [0, 0.05) is 26.4 Å². The van der Waals surface area contributed by atoms with E-state index >= 15 is 0 Å². The Kier molecular flexibility index (Phi) is 14.8. The Morgan fingerprint density at radius 3 is 1.25 bits per heavy atom. The molecule has 0 aliphatic heterocycles. The van der Waals surface area contributed by atoms with E-state index in [0.29, 0.717) is 0 Å². The molecule has 0 spiro atoms. The molecular weight excluding hydrogens is 200 g/mol. The van der Waals surface area contributed by atoms with Crippen LogP contribution in [0.3, 0.4) is 0 Å². The van der Waals surface area contributed by atoms with Gasteiger partial charge in [0.15, 0.2) is 0 Å². The van der Waals surface area contributed by atoms with Crippen molar-refractivity contribution in [2.75, 3.05) is 26.4 Å². The number of rotatable bonds is 13. The zero-order valence-electron chi connectivity index (χ0n) is 11.3. The quantitative estimate of drug-likeness (QED) is 0.442. The maximum atomic E-state index is 5.43. The predicted octanol–water partition coefficient (Wildman–Crippen LogP) is 4.18. The number of hydrogen-bond acceptors (Lipinski definition) is 2. The van der Waals surface area contributed by atoms with Gasteiger partial charge in [-0.1, -0.05) is 39.5 Å². The lowest BCUT2D eigenvalue weighted by molar-refractivity contribution is 0.127. The number of hydrogen-bond donors (Lipinski definition) is 0. The Hall–Kier alpha value is -0.0800. The van der Waals surface area contributed by atoms with E-state index < -0.39 is 0 Å². The Morgan fingerprint density at radius 2 is 0.875 bits per heavy atom. The first-order valence-corrected chi connectivity index (χ1v) is 7.07. The van der Waals surface area contributed by atoms with Crippen molar-refractivity contribution >= 4 is 0 Å². The van der Waals surface area contributed by atoms with E-state index in [-0.39, 0.29) is 0 Å². The van der Waals surface area contributed by atoms with Crippen LogP contribution < -0.4 is 0 Å². The first-order valence-electron chi connectivity index (χ1n) is 7.07. The van der Waals surface area contributed by atoms with Crippen LogP contribution in [-0.2, 0) is 9.47 Å². The molecule has 0 aromatic heterocycles. The second-order valence-electron chi connectivity index (χ2n) is 4.35. The van der Waals surface area contributed by atoms with E-state index in [4.69, 9.17) is 9.47 Å². The van der Waals surface area contributed by atoms with Crippen molar-refractivity contribution in [2.24, 2.45) is 0 Å². The molecule has 0 atom stereocenters. The molecule has 2 nitrogen and oxygen atoms in total. The van der Waals surface area contributed by atoms with Crippen molar-refractivity contribution in [3.8, 4) is 0 Å². The zero-order chi connectivity index (χ0) is 11.9. The van der Waals surface area contributed by atoms with Crippen LogP contribution in [0, 0.1) is 0 Å². The molecule has 0 unspecified atom stereocenters. The van der Waals surface area contributed by atoms with Gasteiger partial charge in [-0.2, -0.15) is 0 Å². The maximum Gasteiger partial charge on any atom is 0.0466 e. The van der Waals surface area contributed by atoms with Gasteiger partial charge < -0.3 is 9.47 Å². The van der Waals surface area contributed by atoms with E-state index in [1.54, 1.807) is 0 Å². The van der Waals surface area contributed by atoms with Gasteiger partial charge in [0.1, 0.15) is 0 Å². The number of ether oxygens (including phenoxy) is 2. The van der Waals surface area contributed by atoms with E-state index in [0.717, 1.165) is 39.3 Å². The second-order valence-corrected chi connectivity index (χ2v) is 4.35. The zero-order valence-corrected chi connectivity index (χ0v) is 11.3. The standard InChI is InChI=1S/C14H30O2/c1-3-11-15-13-9-7-5-6-8-10-14-16-12-4-2/h3-14H2,1-2H3. The summed E-state index contributed by atoms with van der Waals surface area (Å²) in [6, 6.07) is 0. The Bertz CT molecular complexity index is 101. The molecule has 2 heteroatoms. The molecule has 0 saturated carbocycles. The summed E-state index contributed by atoms with van der Waals surface area (Å²) in [4.78, 5) is 0. The molecule has 0 amide bonds. The molecule has 0 aromatic carbocycles. The summed E-state index contributed by atoms with van der Waals surface area (Å²) in [5.74, 6) is 0. The lowest BCUT2D eigenvalue weighted by atomic mass is 10.1. The van der Waals surface area contributed by atoms with Crippen LogP contribution in [0.1, 0.15) is 65.2 Å². The summed E-state index contributed by atoms with van der Waals surface area (Å²) < 4.78 is 10.9. The van der Waals surface area contributed by atoms with Crippen LogP contribution in [-0.4, -0.2) is 26.4 Å². The normalized spacial score (nSPS) is 10.9. The average molecular weight is 230 g/mol. The third-order valence-electron chi connectivity index (χ3n) is 2.52. The molecule has 0 rings (SSSR count). The molecule has 0 aliphatic carbocycles. The molecule has 98 valence electrons. The minimum Gasteiger partial charge on any atom is -0.381 e. The van der Waals surface area contributed by atoms with Gasteiger partial charge in [0.2, 0.25) is 0 Å². The Labute approximate surface area is 102 Å². The molecular formula is C14H30O2. The predicted molar refractivity (Wildman–Crippen MR) is 69.9 cm³/mol. The summed E-state index contributed by atoms with van der Waals surface area (Å²) in [5, 5.41) is 0. The molecule has 0 heterocycles. The topological polar surface area (TPSA) is 18.5 Å². The van der Waals surface area contributed by atoms with Crippen LogP contribution in [0.5, 0.6) is 0 Å². The fraction of sp³-hybridized carbons (Fsp3) is 1.00. The molecule has 0 N–H and O–H groups in total. The Balaban J connectivity index is 2.83. The summed E-state index contributed by atoms with van der Waals surface area (Å²) in [6.07, 6.45) is 10.1. The molecule has 16 heavy (non-hydrogen) atoms. The summed E-state index contributed by atoms with van der Waals surface area (Å²) in [6.45, 7) is 8.06. The highest BCUT2D eigenvalue weighted by Gasteiger charge is 1.92. The minimum atomic E-state index is 0.925. The van der Waals surface area contributed by atoms with Gasteiger partial charge >= 0.3 is 0 Å². The average Bonchev–Trinajstić information content (AvgIpc) is 2.31. The van der Waals surface area contributed by atoms with Crippen LogP contribution in [0.4, 0.5) is 0 Å². The fourth-order valence-corrected chi connectivity index (χ4v) is 1.61. The number of unbranched alkanes of at least 4 members (excludes halogenated alkanes) is 5. The molecule has 0 aliphatic rings. The highest BCUT2D eigenvalue weighted by atomic mass is 16.5. The first kappa shape index (κ1) is 15.9. The summed E-state index contributed by atoms with van der Waals surface area (Å²) in [7, 11) is 0. The smallest absolute Gasteiger partial charge is 0.0466 e. The van der Waals surface area contributed by atoms with Gasteiger partial charge in [-0.15, -0.1) is 0 Å². The van der Waals surface area contributed by atoms with E-state index in [9.17, 15) is 0 Å². The fourth-order valence-electron chi connectivity index (χ4n) is 1.61. The third-order valence-corrected chi connectivity index (χ3v) is 2.52. The monoisotopic (exact) mass is 230 g/mol. The lowest BCUT2D eigenvalue weighted by Crippen LogP contribution is -1.96. The third kappa shape index (κ3) is 13.9. The largest absolute Gasteiger partial charge is 0.381 e. The molecule has 0 bridgehead atoms. The van der Waals surface area contributed by atoms with Gasteiger partial charge in [-0.25, -0.2) is 0 Å². The van der Waals surface area contributed by atoms with Crippen molar-refractivity contribution in [2.45, 2.75) is 65.2 Å². The highest BCUT2D eigenvalue weighted by Crippen LogP contribution is 2.05. The lowest BCUT2D eigenvalue weighted by Gasteiger charge is -2.04. The summed E-state index contributed by atoms with van der Waals surface area (Å²) in [5.41, 5.74) is 0.